The van der Waals surface area contributed by atoms with E-state index in [0.29, 0.717) is 23.1 Å². The van der Waals surface area contributed by atoms with Crippen LogP contribution in [-0.4, -0.2) is 26.2 Å². The zero-order chi connectivity index (χ0) is 21.8. The molecule has 1 amide bonds. The van der Waals surface area contributed by atoms with Gasteiger partial charge in [0.2, 0.25) is 17.6 Å². The number of nitrogens with one attached hydrogen (secondary N) is 1. The SMILES string of the molecule is Cc1ccc(C(=O)c2ccc(CC(=O)Nc3ncc(C4CCCCC4)cn3)n2C)cc1. The Bertz CT molecular complexity index is 1060. The average Bonchev–Trinajstić information content (AvgIpc) is 3.15. The Labute approximate surface area is 182 Å². The van der Waals surface area contributed by atoms with Crippen molar-refractivity contribution in [1.29, 1.82) is 0 Å². The van der Waals surface area contributed by atoms with Gasteiger partial charge in [-0.25, -0.2) is 9.97 Å². The van der Waals surface area contributed by atoms with Crippen molar-refractivity contribution in [3.63, 3.8) is 0 Å². The third-order valence-electron chi connectivity index (χ3n) is 6.11. The Balaban J connectivity index is 1.38. The summed E-state index contributed by atoms with van der Waals surface area (Å²) in [5, 5.41) is 2.76. The van der Waals surface area contributed by atoms with Crippen LogP contribution in [0.15, 0.2) is 48.8 Å². The first-order valence-corrected chi connectivity index (χ1v) is 10.9. The molecule has 0 saturated heterocycles. The number of aryl methyl sites for hydroxylation is 1. The number of aromatic nitrogens is 3. The summed E-state index contributed by atoms with van der Waals surface area (Å²) in [6.45, 7) is 1.99. The minimum atomic E-state index is -0.207. The predicted octanol–water partition coefficient (Wildman–Crippen LogP) is 4.58. The molecule has 160 valence electrons. The van der Waals surface area contributed by atoms with Gasteiger partial charge in [-0.15, -0.1) is 0 Å². The Kier molecular flexibility index (Phi) is 6.26. The maximum absolute atomic E-state index is 12.8. The number of hydrogen-bond acceptors (Lipinski definition) is 4. The second-order valence-corrected chi connectivity index (χ2v) is 8.36. The molecule has 1 aliphatic rings. The van der Waals surface area contributed by atoms with E-state index in [2.05, 4.69) is 15.3 Å². The van der Waals surface area contributed by atoms with Gasteiger partial charge in [0.25, 0.3) is 0 Å². The van der Waals surface area contributed by atoms with Gasteiger partial charge in [-0.3, -0.25) is 14.9 Å². The summed E-state index contributed by atoms with van der Waals surface area (Å²) in [5.41, 5.74) is 4.20. The molecule has 6 heteroatoms. The number of carbonyl (C=O) groups is 2. The van der Waals surface area contributed by atoms with Crippen LogP contribution in [0, 0.1) is 6.92 Å². The predicted molar refractivity (Wildman–Crippen MR) is 120 cm³/mol. The highest BCUT2D eigenvalue weighted by Crippen LogP contribution is 2.31. The Morgan fingerprint density at radius 3 is 2.35 bits per heavy atom. The maximum atomic E-state index is 12.8. The fraction of sp³-hybridized carbons (Fsp3) is 0.360. The van der Waals surface area contributed by atoms with Gasteiger partial charge in [0.1, 0.15) is 0 Å². The minimum Gasteiger partial charge on any atom is -0.344 e. The lowest BCUT2D eigenvalue weighted by atomic mass is 9.85. The summed E-state index contributed by atoms with van der Waals surface area (Å²) in [7, 11) is 1.81. The number of ketones is 1. The van der Waals surface area contributed by atoms with E-state index in [1.165, 1.54) is 32.1 Å². The second kappa shape index (κ2) is 9.25. The van der Waals surface area contributed by atoms with Crippen LogP contribution in [0.4, 0.5) is 5.95 Å². The van der Waals surface area contributed by atoms with E-state index in [-0.39, 0.29) is 18.1 Å². The number of benzene rings is 1. The summed E-state index contributed by atoms with van der Waals surface area (Å²) in [4.78, 5) is 34.0. The molecule has 6 nitrogen and oxygen atoms in total. The van der Waals surface area contributed by atoms with Crippen LogP contribution in [0.1, 0.15) is 70.9 Å². The monoisotopic (exact) mass is 416 g/mol. The molecule has 0 radical (unpaired) electrons. The van der Waals surface area contributed by atoms with Crippen molar-refractivity contribution >= 4 is 17.6 Å². The van der Waals surface area contributed by atoms with Crippen molar-refractivity contribution in [2.24, 2.45) is 7.05 Å². The first-order chi connectivity index (χ1) is 15.0. The molecule has 1 fully saturated rings. The molecule has 1 aromatic carbocycles. The molecule has 1 aliphatic carbocycles. The van der Waals surface area contributed by atoms with Crippen molar-refractivity contribution in [2.75, 3.05) is 5.32 Å². The summed E-state index contributed by atoms with van der Waals surface area (Å²) in [6.07, 6.45) is 10.0. The van der Waals surface area contributed by atoms with Gasteiger partial charge in [-0.2, -0.15) is 0 Å². The van der Waals surface area contributed by atoms with Crippen LogP contribution in [0.25, 0.3) is 0 Å². The molecular weight excluding hydrogens is 388 g/mol. The van der Waals surface area contributed by atoms with Crippen LogP contribution in [-0.2, 0) is 18.3 Å². The highest BCUT2D eigenvalue weighted by Gasteiger charge is 2.18. The topological polar surface area (TPSA) is 76.9 Å². The molecule has 0 aliphatic heterocycles. The zero-order valence-electron chi connectivity index (χ0n) is 18.1. The molecule has 0 spiro atoms. The number of amides is 1. The van der Waals surface area contributed by atoms with E-state index in [0.717, 1.165) is 16.8 Å². The molecule has 2 heterocycles. The van der Waals surface area contributed by atoms with Gasteiger partial charge in [0, 0.05) is 30.7 Å². The van der Waals surface area contributed by atoms with E-state index in [9.17, 15) is 9.59 Å². The van der Waals surface area contributed by atoms with Crippen LogP contribution in [0.2, 0.25) is 0 Å². The Morgan fingerprint density at radius 1 is 1.00 bits per heavy atom. The van der Waals surface area contributed by atoms with Gasteiger partial charge >= 0.3 is 0 Å². The number of hydrogen-bond donors (Lipinski definition) is 1. The summed E-state index contributed by atoms with van der Waals surface area (Å²) < 4.78 is 1.77. The average molecular weight is 417 g/mol. The third-order valence-corrected chi connectivity index (χ3v) is 6.11. The van der Waals surface area contributed by atoms with Crippen LogP contribution < -0.4 is 5.32 Å². The van der Waals surface area contributed by atoms with Crippen molar-refractivity contribution < 1.29 is 9.59 Å². The third kappa shape index (κ3) is 4.90. The lowest BCUT2D eigenvalue weighted by Crippen LogP contribution is -2.19. The highest BCUT2D eigenvalue weighted by atomic mass is 16.1. The van der Waals surface area contributed by atoms with Gasteiger partial charge in [-0.05, 0) is 43.4 Å². The lowest BCUT2D eigenvalue weighted by molar-refractivity contribution is -0.115. The first kappa shape index (κ1) is 21.0. The van der Waals surface area contributed by atoms with Crippen LogP contribution in [0.3, 0.4) is 0 Å². The van der Waals surface area contributed by atoms with Gasteiger partial charge in [0.05, 0.1) is 12.1 Å². The molecule has 4 rings (SSSR count). The van der Waals surface area contributed by atoms with Gasteiger partial charge in [-0.1, -0.05) is 49.1 Å². The molecule has 0 bridgehead atoms. The highest BCUT2D eigenvalue weighted by molar-refractivity contribution is 6.08. The standard InChI is InChI=1S/C25H28N4O2/c1-17-8-10-19(11-9-17)24(31)22-13-12-21(29(22)2)14-23(30)28-25-26-15-20(16-27-25)18-6-4-3-5-7-18/h8-13,15-16,18H,3-7,14H2,1-2H3,(H,26,27,28,30). The molecule has 1 N–H and O–H groups in total. The van der Waals surface area contributed by atoms with Gasteiger partial charge in [0.15, 0.2) is 0 Å². The van der Waals surface area contributed by atoms with E-state index in [1.807, 2.05) is 49.6 Å². The molecule has 1 saturated carbocycles. The summed E-state index contributed by atoms with van der Waals surface area (Å²) in [5.74, 6) is 0.581. The van der Waals surface area contributed by atoms with Crippen molar-refractivity contribution in [2.45, 2.75) is 51.4 Å². The van der Waals surface area contributed by atoms with Crippen LogP contribution >= 0.6 is 0 Å². The van der Waals surface area contributed by atoms with E-state index in [4.69, 9.17) is 0 Å². The largest absolute Gasteiger partial charge is 0.344 e. The number of anilines is 1. The maximum Gasteiger partial charge on any atom is 0.232 e. The lowest BCUT2D eigenvalue weighted by Gasteiger charge is -2.21. The van der Waals surface area contributed by atoms with Crippen LogP contribution in [0.5, 0.6) is 0 Å². The molecule has 0 atom stereocenters. The molecule has 0 unspecified atom stereocenters. The molecular formula is C25H28N4O2. The fourth-order valence-electron chi connectivity index (χ4n) is 4.19. The first-order valence-electron chi connectivity index (χ1n) is 10.9. The Hall–Kier alpha value is -3.28. The van der Waals surface area contributed by atoms with E-state index < -0.39 is 0 Å². The zero-order valence-corrected chi connectivity index (χ0v) is 18.1. The van der Waals surface area contributed by atoms with Crippen molar-refractivity contribution in [3.05, 3.63) is 76.9 Å². The number of rotatable bonds is 6. The summed E-state index contributed by atoms with van der Waals surface area (Å²) in [6, 6.07) is 11.1. The van der Waals surface area contributed by atoms with Gasteiger partial charge < -0.3 is 4.57 Å². The second-order valence-electron chi connectivity index (χ2n) is 8.36. The number of nitrogens with zero attached hydrogens (tertiary/aromatic N) is 3. The molecule has 2 aromatic heterocycles. The minimum absolute atomic E-state index is 0.0595. The number of carbonyl (C=O) groups excluding carboxylic acids is 2. The summed E-state index contributed by atoms with van der Waals surface area (Å²) >= 11 is 0. The fourth-order valence-corrected chi connectivity index (χ4v) is 4.19. The Morgan fingerprint density at radius 2 is 1.68 bits per heavy atom. The normalized spacial score (nSPS) is 14.4. The van der Waals surface area contributed by atoms with Crippen molar-refractivity contribution in [3.8, 4) is 0 Å². The van der Waals surface area contributed by atoms with E-state index >= 15 is 0 Å². The quantitative estimate of drug-likeness (QED) is 0.597. The molecule has 31 heavy (non-hydrogen) atoms. The molecule has 3 aromatic rings. The van der Waals surface area contributed by atoms with Crippen molar-refractivity contribution in [1.82, 2.24) is 14.5 Å². The van der Waals surface area contributed by atoms with E-state index in [1.54, 1.807) is 17.7 Å². The smallest absolute Gasteiger partial charge is 0.232 e.